The Hall–Kier alpha value is -4.27. The van der Waals surface area contributed by atoms with E-state index in [1.165, 1.54) is 4.68 Å². The highest BCUT2D eigenvalue weighted by atomic mass is 16.5. The van der Waals surface area contributed by atoms with Crippen LogP contribution in [0.1, 0.15) is 46.5 Å². The minimum atomic E-state index is -0.653. The van der Waals surface area contributed by atoms with Gasteiger partial charge in [0, 0.05) is 10.9 Å². The molecular formula is C23H21N5O4. The first kappa shape index (κ1) is 21.0. The summed E-state index contributed by atoms with van der Waals surface area (Å²) in [6, 6.07) is 15.6. The number of aromatic nitrogens is 3. The zero-order chi connectivity index (χ0) is 22.8. The standard InChI is InChI=1S/C23H21N5O4/c1-13(2)28-23(31)17-12-8-7-11-16(17)20(26-28)22(30)25-24-21(29)18-14(3)32-27-19(18)15-9-5-4-6-10-15/h4-13H,1-3H3,(H,24,29)(H,25,30). The molecule has 0 saturated heterocycles. The molecule has 9 nitrogen and oxygen atoms in total. The average Bonchev–Trinajstić information content (AvgIpc) is 3.19. The van der Waals surface area contributed by atoms with E-state index in [9.17, 15) is 14.4 Å². The van der Waals surface area contributed by atoms with Crippen LogP contribution in [0.15, 0.2) is 63.9 Å². The van der Waals surface area contributed by atoms with E-state index in [0.29, 0.717) is 27.8 Å². The molecule has 162 valence electrons. The summed E-state index contributed by atoms with van der Waals surface area (Å²) in [6.07, 6.45) is 0. The van der Waals surface area contributed by atoms with Gasteiger partial charge in [0.1, 0.15) is 17.0 Å². The number of fused-ring (bicyclic) bond motifs is 1. The molecule has 0 aliphatic carbocycles. The van der Waals surface area contributed by atoms with Crippen molar-refractivity contribution in [3.05, 3.63) is 82.0 Å². The second kappa shape index (κ2) is 8.46. The SMILES string of the molecule is Cc1onc(-c2ccccc2)c1C(=O)NNC(=O)c1nn(C(C)C)c(=O)c2ccccc12. The van der Waals surface area contributed by atoms with Crippen LogP contribution >= 0.6 is 0 Å². The second-order valence-corrected chi connectivity index (χ2v) is 7.47. The molecule has 32 heavy (non-hydrogen) atoms. The summed E-state index contributed by atoms with van der Waals surface area (Å²) < 4.78 is 6.45. The van der Waals surface area contributed by atoms with Gasteiger partial charge in [-0.2, -0.15) is 5.10 Å². The van der Waals surface area contributed by atoms with Crippen LogP contribution in [0.25, 0.3) is 22.0 Å². The number of nitrogens with zero attached hydrogens (tertiary/aromatic N) is 3. The van der Waals surface area contributed by atoms with E-state index >= 15 is 0 Å². The van der Waals surface area contributed by atoms with E-state index < -0.39 is 11.8 Å². The quantitative estimate of drug-likeness (QED) is 0.480. The van der Waals surface area contributed by atoms with Crippen molar-refractivity contribution in [2.75, 3.05) is 0 Å². The maximum absolute atomic E-state index is 12.9. The fraction of sp³-hybridized carbons (Fsp3) is 0.174. The van der Waals surface area contributed by atoms with Crippen molar-refractivity contribution in [3.8, 4) is 11.3 Å². The molecule has 2 N–H and O–H groups in total. The van der Waals surface area contributed by atoms with Gasteiger partial charge in [0.15, 0.2) is 5.69 Å². The first-order chi connectivity index (χ1) is 15.4. The molecule has 0 atom stereocenters. The van der Waals surface area contributed by atoms with Crippen molar-refractivity contribution in [2.24, 2.45) is 0 Å². The number of carbonyl (C=O) groups is 2. The maximum atomic E-state index is 12.9. The third kappa shape index (κ3) is 3.76. The smallest absolute Gasteiger partial charge is 0.290 e. The van der Waals surface area contributed by atoms with Gasteiger partial charge < -0.3 is 4.52 Å². The number of hydrogen-bond donors (Lipinski definition) is 2. The van der Waals surface area contributed by atoms with Crippen LogP contribution in [0.2, 0.25) is 0 Å². The molecule has 0 aliphatic rings. The second-order valence-electron chi connectivity index (χ2n) is 7.47. The van der Waals surface area contributed by atoms with E-state index in [0.717, 1.165) is 0 Å². The Bertz CT molecular complexity index is 1370. The van der Waals surface area contributed by atoms with Crippen molar-refractivity contribution in [1.29, 1.82) is 0 Å². The minimum absolute atomic E-state index is 0.0273. The average molecular weight is 431 g/mol. The molecular weight excluding hydrogens is 410 g/mol. The van der Waals surface area contributed by atoms with Gasteiger partial charge in [0.05, 0.1) is 11.4 Å². The molecule has 2 aromatic heterocycles. The van der Waals surface area contributed by atoms with Gasteiger partial charge in [-0.25, -0.2) is 4.68 Å². The highest BCUT2D eigenvalue weighted by molar-refractivity contribution is 6.07. The fourth-order valence-electron chi connectivity index (χ4n) is 3.39. The lowest BCUT2D eigenvalue weighted by atomic mass is 10.1. The number of aryl methyl sites for hydroxylation is 1. The predicted octanol–water partition coefficient (Wildman–Crippen LogP) is 3.02. The summed E-state index contributed by atoms with van der Waals surface area (Å²) in [5.41, 5.74) is 5.80. The van der Waals surface area contributed by atoms with Gasteiger partial charge in [0.25, 0.3) is 17.4 Å². The zero-order valence-electron chi connectivity index (χ0n) is 17.7. The van der Waals surface area contributed by atoms with E-state index in [4.69, 9.17) is 4.52 Å². The van der Waals surface area contributed by atoms with Crippen LogP contribution in [0, 0.1) is 6.92 Å². The molecule has 0 saturated carbocycles. The van der Waals surface area contributed by atoms with E-state index in [-0.39, 0.29) is 22.9 Å². The van der Waals surface area contributed by atoms with Crippen LogP contribution < -0.4 is 16.4 Å². The summed E-state index contributed by atoms with van der Waals surface area (Å²) in [5, 5.41) is 8.97. The number of carbonyl (C=O) groups excluding carboxylic acids is 2. The van der Waals surface area contributed by atoms with Crippen molar-refractivity contribution >= 4 is 22.6 Å². The van der Waals surface area contributed by atoms with Crippen LogP contribution in [-0.2, 0) is 0 Å². The Morgan fingerprint density at radius 1 is 0.938 bits per heavy atom. The first-order valence-corrected chi connectivity index (χ1v) is 10.0. The summed E-state index contributed by atoms with van der Waals surface area (Å²) in [4.78, 5) is 38.4. The molecule has 0 aliphatic heterocycles. The molecule has 9 heteroatoms. The van der Waals surface area contributed by atoms with Gasteiger partial charge in [-0.3, -0.25) is 25.2 Å². The zero-order valence-corrected chi connectivity index (χ0v) is 17.7. The molecule has 0 spiro atoms. The molecule has 0 fully saturated rings. The number of nitrogens with one attached hydrogen (secondary N) is 2. The van der Waals surface area contributed by atoms with Crippen LogP contribution in [-0.4, -0.2) is 26.8 Å². The van der Waals surface area contributed by atoms with Gasteiger partial charge in [-0.1, -0.05) is 53.7 Å². The highest BCUT2D eigenvalue weighted by Crippen LogP contribution is 2.24. The molecule has 4 aromatic rings. The number of amides is 2. The van der Waals surface area contributed by atoms with Crippen molar-refractivity contribution in [1.82, 2.24) is 25.8 Å². The van der Waals surface area contributed by atoms with Crippen molar-refractivity contribution in [3.63, 3.8) is 0 Å². The molecule has 0 bridgehead atoms. The Kier molecular flexibility index (Phi) is 5.55. The molecule has 4 rings (SSSR count). The molecule has 0 radical (unpaired) electrons. The van der Waals surface area contributed by atoms with Gasteiger partial charge in [-0.05, 0) is 26.8 Å². The van der Waals surface area contributed by atoms with Crippen LogP contribution in [0.3, 0.4) is 0 Å². The minimum Gasteiger partial charge on any atom is -0.360 e. The topological polar surface area (TPSA) is 119 Å². The molecule has 2 heterocycles. The van der Waals surface area contributed by atoms with Gasteiger partial charge in [0.2, 0.25) is 0 Å². The Morgan fingerprint density at radius 2 is 1.56 bits per heavy atom. The largest absolute Gasteiger partial charge is 0.360 e. The van der Waals surface area contributed by atoms with E-state index in [1.54, 1.807) is 57.2 Å². The van der Waals surface area contributed by atoms with Crippen LogP contribution in [0.4, 0.5) is 0 Å². The van der Waals surface area contributed by atoms with Gasteiger partial charge in [-0.15, -0.1) is 0 Å². The van der Waals surface area contributed by atoms with Crippen molar-refractivity contribution in [2.45, 2.75) is 26.8 Å². The number of benzene rings is 2. The monoisotopic (exact) mass is 431 g/mol. The molecule has 2 amide bonds. The molecule has 2 aromatic carbocycles. The van der Waals surface area contributed by atoms with Gasteiger partial charge >= 0.3 is 0 Å². The fourth-order valence-corrected chi connectivity index (χ4v) is 3.39. The Morgan fingerprint density at radius 3 is 2.25 bits per heavy atom. The third-order valence-corrected chi connectivity index (χ3v) is 4.96. The van der Waals surface area contributed by atoms with Crippen LogP contribution in [0.5, 0.6) is 0 Å². The first-order valence-electron chi connectivity index (χ1n) is 10.0. The third-order valence-electron chi connectivity index (χ3n) is 4.96. The lowest BCUT2D eigenvalue weighted by molar-refractivity contribution is 0.0842. The normalized spacial score (nSPS) is 11.0. The number of hydrazine groups is 1. The number of rotatable bonds is 4. The Labute approximate surface area is 183 Å². The van der Waals surface area contributed by atoms with Crippen molar-refractivity contribution < 1.29 is 14.1 Å². The summed E-state index contributed by atoms with van der Waals surface area (Å²) in [6.45, 7) is 5.21. The van der Waals surface area contributed by atoms with E-state index in [1.807, 2.05) is 18.2 Å². The Balaban J connectivity index is 1.63. The lowest BCUT2D eigenvalue weighted by Crippen LogP contribution is -2.43. The highest BCUT2D eigenvalue weighted by Gasteiger charge is 2.23. The summed E-state index contributed by atoms with van der Waals surface area (Å²) >= 11 is 0. The summed E-state index contributed by atoms with van der Waals surface area (Å²) in [5.74, 6) is -0.927. The number of hydrogen-bond acceptors (Lipinski definition) is 6. The lowest BCUT2D eigenvalue weighted by Gasteiger charge is -2.13. The predicted molar refractivity (Wildman–Crippen MR) is 118 cm³/mol. The maximum Gasteiger partial charge on any atom is 0.290 e. The molecule has 0 unspecified atom stereocenters. The van der Waals surface area contributed by atoms with E-state index in [2.05, 4.69) is 21.1 Å². The summed E-state index contributed by atoms with van der Waals surface area (Å²) in [7, 11) is 0.